The SMILES string of the molecule is O=C(Cc1cccc2ccccc12)NCCc1ccccn1. The number of benzene rings is 2. The van der Waals surface area contributed by atoms with E-state index in [-0.39, 0.29) is 5.91 Å². The first-order valence-corrected chi connectivity index (χ1v) is 7.46. The summed E-state index contributed by atoms with van der Waals surface area (Å²) in [5.74, 6) is 0.0484. The van der Waals surface area contributed by atoms with Gasteiger partial charge in [0, 0.05) is 24.9 Å². The molecular formula is C19H18N2O. The molecule has 0 aliphatic carbocycles. The van der Waals surface area contributed by atoms with Crippen LogP contribution in [-0.4, -0.2) is 17.4 Å². The van der Waals surface area contributed by atoms with Crippen molar-refractivity contribution in [1.29, 1.82) is 0 Å². The molecule has 0 atom stereocenters. The van der Waals surface area contributed by atoms with Gasteiger partial charge in [-0.15, -0.1) is 0 Å². The zero-order valence-electron chi connectivity index (χ0n) is 12.3. The van der Waals surface area contributed by atoms with E-state index in [0.717, 1.165) is 23.1 Å². The third-order valence-corrected chi connectivity index (χ3v) is 3.66. The average Bonchev–Trinajstić information content (AvgIpc) is 2.56. The number of nitrogens with zero attached hydrogens (tertiary/aromatic N) is 1. The second-order valence-corrected chi connectivity index (χ2v) is 5.24. The van der Waals surface area contributed by atoms with E-state index in [0.29, 0.717) is 13.0 Å². The summed E-state index contributed by atoms with van der Waals surface area (Å²) in [6.45, 7) is 0.612. The van der Waals surface area contributed by atoms with E-state index in [4.69, 9.17) is 0 Å². The van der Waals surface area contributed by atoms with E-state index in [1.165, 1.54) is 5.39 Å². The van der Waals surface area contributed by atoms with Gasteiger partial charge in [0.25, 0.3) is 0 Å². The number of pyridine rings is 1. The molecular weight excluding hydrogens is 272 g/mol. The molecule has 0 bridgehead atoms. The lowest BCUT2D eigenvalue weighted by molar-refractivity contribution is -0.120. The van der Waals surface area contributed by atoms with Crippen molar-refractivity contribution in [3.8, 4) is 0 Å². The first-order chi connectivity index (χ1) is 10.8. The van der Waals surface area contributed by atoms with Crippen molar-refractivity contribution in [2.24, 2.45) is 0 Å². The van der Waals surface area contributed by atoms with Gasteiger partial charge in [0.2, 0.25) is 5.91 Å². The van der Waals surface area contributed by atoms with Crippen LogP contribution in [0.15, 0.2) is 66.9 Å². The van der Waals surface area contributed by atoms with Crippen LogP contribution in [0, 0.1) is 0 Å². The monoisotopic (exact) mass is 290 g/mol. The van der Waals surface area contributed by atoms with Crippen LogP contribution in [0.3, 0.4) is 0 Å². The highest BCUT2D eigenvalue weighted by atomic mass is 16.1. The Morgan fingerprint density at radius 1 is 0.955 bits per heavy atom. The summed E-state index contributed by atoms with van der Waals surface area (Å²) < 4.78 is 0. The van der Waals surface area contributed by atoms with Crippen molar-refractivity contribution in [2.75, 3.05) is 6.54 Å². The molecule has 1 heterocycles. The molecule has 110 valence electrons. The molecule has 0 aliphatic heterocycles. The second kappa shape index (κ2) is 6.85. The lowest BCUT2D eigenvalue weighted by Gasteiger charge is -2.08. The number of nitrogens with one attached hydrogen (secondary N) is 1. The van der Waals surface area contributed by atoms with Crippen LogP contribution < -0.4 is 5.32 Å². The number of fused-ring (bicyclic) bond motifs is 1. The van der Waals surface area contributed by atoms with E-state index >= 15 is 0 Å². The standard InChI is InChI=1S/C19H18N2O/c22-19(21-13-11-17-9-3-4-12-20-17)14-16-8-5-7-15-6-1-2-10-18(15)16/h1-10,12H,11,13-14H2,(H,21,22). The average molecular weight is 290 g/mol. The quantitative estimate of drug-likeness (QED) is 0.784. The number of hydrogen-bond acceptors (Lipinski definition) is 2. The predicted molar refractivity (Wildman–Crippen MR) is 88.6 cm³/mol. The highest BCUT2D eigenvalue weighted by Crippen LogP contribution is 2.18. The third kappa shape index (κ3) is 3.50. The fraction of sp³-hybridized carbons (Fsp3) is 0.158. The fourth-order valence-electron chi connectivity index (χ4n) is 2.56. The molecule has 0 spiro atoms. The van der Waals surface area contributed by atoms with Gasteiger partial charge in [-0.25, -0.2) is 0 Å². The Labute approximate surface area is 130 Å². The van der Waals surface area contributed by atoms with Gasteiger partial charge >= 0.3 is 0 Å². The van der Waals surface area contributed by atoms with Crippen molar-refractivity contribution in [3.05, 3.63) is 78.1 Å². The first kappa shape index (κ1) is 14.3. The second-order valence-electron chi connectivity index (χ2n) is 5.24. The van der Waals surface area contributed by atoms with Gasteiger partial charge in [-0.2, -0.15) is 0 Å². The van der Waals surface area contributed by atoms with Crippen molar-refractivity contribution in [1.82, 2.24) is 10.3 Å². The molecule has 3 heteroatoms. The Bertz CT molecular complexity index is 763. The van der Waals surface area contributed by atoms with Gasteiger partial charge in [0.05, 0.1) is 6.42 Å². The zero-order chi connectivity index (χ0) is 15.2. The zero-order valence-corrected chi connectivity index (χ0v) is 12.3. The van der Waals surface area contributed by atoms with Crippen LogP contribution in [0.5, 0.6) is 0 Å². The summed E-state index contributed by atoms with van der Waals surface area (Å²) in [5, 5.41) is 5.28. The van der Waals surface area contributed by atoms with Gasteiger partial charge in [0.15, 0.2) is 0 Å². The van der Waals surface area contributed by atoms with Crippen molar-refractivity contribution >= 4 is 16.7 Å². The maximum Gasteiger partial charge on any atom is 0.224 e. The molecule has 0 saturated carbocycles. The van der Waals surface area contributed by atoms with Crippen molar-refractivity contribution < 1.29 is 4.79 Å². The molecule has 0 saturated heterocycles. The van der Waals surface area contributed by atoms with Crippen molar-refractivity contribution in [3.63, 3.8) is 0 Å². The maximum atomic E-state index is 12.1. The minimum absolute atomic E-state index is 0.0484. The van der Waals surface area contributed by atoms with E-state index in [1.54, 1.807) is 6.20 Å². The smallest absolute Gasteiger partial charge is 0.224 e. The Hall–Kier alpha value is -2.68. The number of amides is 1. The summed E-state index contributed by atoms with van der Waals surface area (Å²) >= 11 is 0. The van der Waals surface area contributed by atoms with Crippen molar-refractivity contribution in [2.45, 2.75) is 12.8 Å². The normalized spacial score (nSPS) is 10.5. The Balaban J connectivity index is 1.59. The number of rotatable bonds is 5. The largest absolute Gasteiger partial charge is 0.355 e. The maximum absolute atomic E-state index is 12.1. The van der Waals surface area contributed by atoms with E-state index in [1.807, 2.05) is 42.5 Å². The fourth-order valence-corrected chi connectivity index (χ4v) is 2.56. The van der Waals surface area contributed by atoms with Crippen LogP contribution in [0.4, 0.5) is 0 Å². The molecule has 2 aromatic carbocycles. The topological polar surface area (TPSA) is 42.0 Å². The third-order valence-electron chi connectivity index (χ3n) is 3.66. The van der Waals surface area contributed by atoms with Gasteiger partial charge < -0.3 is 5.32 Å². The summed E-state index contributed by atoms with van der Waals surface area (Å²) in [7, 11) is 0. The van der Waals surface area contributed by atoms with Crippen LogP contribution in [-0.2, 0) is 17.6 Å². The minimum Gasteiger partial charge on any atom is -0.355 e. The molecule has 0 unspecified atom stereocenters. The highest BCUT2D eigenvalue weighted by Gasteiger charge is 2.06. The van der Waals surface area contributed by atoms with Crippen LogP contribution in [0.2, 0.25) is 0 Å². The van der Waals surface area contributed by atoms with Gasteiger partial charge in [-0.05, 0) is 28.5 Å². The molecule has 1 amide bonds. The molecule has 3 aromatic rings. The molecule has 1 N–H and O–H groups in total. The summed E-state index contributed by atoms with van der Waals surface area (Å²) in [6, 6.07) is 20.0. The van der Waals surface area contributed by atoms with Crippen LogP contribution in [0.25, 0.3) is 10.8 Å². The molecule has 1 aromatic heterocycles. The van der Waals surface area contributed by atoms with Crippen LogP contribution in [0.1, 0.15) is 11.3 Å². The highest BCUT2D eigenvalue weighted by molar-refractivity contribution is 5.90. The first-order valence-electron chi connectivity index (χ1n) is 7.46. The predicted octanol–water partition coefficient (Wildman–Crippen LogP) is 3.14. The molecule has 0 fully saturated rings. The summed E-state index contributed by atoms with van der Waals surface area (Å²) in [4.78, 5) is 16.4. The minimum atomic E-state index is 0.0484. The summed E-state index contributed by atoms with van der Waals surface area (Å²) in [5.41, 5.74) is 2.06. The lowest BCUT2D eigenvalue weighted by atomic mass is 10.0. The van der Waals surface area contributed by atoms with Gasteiger partial charge in [0.1, 0.15) is 0 Å². The lowest BCUT2D eigenvalue weighted by Crippen LogP contribution is -2.27. The number of hydrogen-bond donors (Lipinski definition) is 1. The number of carbonyl (C=O) groups is 1. The molecule has 3 rings (SSSR count). The molecule has 3 nitrogen and oxygen atoms in total. The molecule has 22 heavy (non-hydrogen) atoms. The molecule has 0 radical (unpaired) electrons. The Morgan fingerprint density at radius 2 is 1.77 bits per heavy atom. The van der Waals surface area contributed by atoms with Gasteiger partial charge in [-0.1, -0.05) is 48.5 Å². The summed E-state index contributed by atoms with van der Waals surface area (Å²) in [6.07, 6.45) is 2.93. The van der Waals surface area contributed by atoms with E-state index < -0.39 is 0 Å². The van der Waals surface area contributed by atoms with Gasteiger partial charge in [-0.3, -0.25) is 9.78 Å². The van der Waals surface area contributed by atoms with E-state index in [2.05, 4.69) is 28.5 Å². The number of carbonyl (C=O) groups excluding carboxylic acids is 1. The van der Waals surface area contributed by atoms with Crippen LogP contribution >= 0.6 is 0 Å². The molecule has 0 aliphatic rings. The Morgan fingerprint density at radius 3 is 2.64 bits per heavy atom. The Kier molecular flexibility index (Phi) is 4.44. The van der Waals surface area contributed by atoms with E-state index in [9.17, 15) is 4.79 Å². The number of aromatic nitrogens is 1.